The van der Waals surface area contributed by atoms with Crippen LogP contribution in [-0.2, 0) is 28.8 Å². The fourth-order valence-electron chi connectivity index (χ4n) is 10.6. The zero-order chi connectivity index (χ0) is 54.7. The number of ketones is 1. The molecule has 1 aromatic carbocycles. The Kier molecular flexibility index (Phi) is 15.6. The van der Waals surface area contributed by atoms with Crippen LogP contribution in [0.4, 0.5) is 35.5 Å². The largest absolute Gasteiger partial charge is 0.484 e. The Bertz CT molecular complexity index is 3030. The van der Waals surface area contributed by atoms with Crippen LogP contribution >= 0.6 is 0 Å². The fraction of sp³-hybridized carbons (Fsp3) is 0.472. The number of nitrogen functional groups attached to an aromatic ring is 1. The number of halogens is 3. The Hall–Kier alpha value is -7.79. The summed E-state index contributed by atoms with van der Waals surface area (Å²) < 4.78 is 52.9. The number of fused-ring (bicyclic) bond motifs is 2. The van der Waals surface area contributed by atoms with Crippen LogP contribution in [0.3, 0.4) is 0 Å². The van der Waals surface area contributed by atoms with E-state index in [1.807, 2.05) is 58.9 Å². The lowest BCUT2D eigenvalue weighted by Gasteiger charge is -2.39. The van der Waals surface area contributed by atoms with E-state index >= 15 is 0 Å². The third kappa shape index (κ3) is 11.6. The first-order valence-electron chi connectivity index (χ1n) is 26.0. The molecule has 10 rings (SSSR count). The highest BCUT2D eigenvalue weighted by Gasteiger charge is 2.47. The average molecular weight is 1080 g/mol. The van der Waals surface area contributed by atoms with Gasteiger partial charge in [-0.25, -0.2) is 24.7 Å². The first-order chi connectivity index (χ1) is 37.5. The molecule has 4 saturated heterocycles. The number of aromatic nitrogens is 6. The van der Waals surface area contributed by atoms with Gasteiger partial charge in [0.2, 0.25) is 5.95 Å². The average Bonchev–Trinajstić information content (AvgIpc) is 3.90. The minimum atomic E-state index is -4.76. The number of urea groups is 1. The Balaban J connectivity index is 0.621. The van der Waals surface area contributed by atoms with Crippen LogP contribution in [0.25, 0.3) is 11.3 Å². The van der Waals surface area contributed by atoms with Crippen LogP contribution in [0.15, 0.2) is 79.5 Å². The molecule has 4 N–H and O–H groups in total. The number of aliphatic hydroxyl groups excluding tert-OH is 1. The first-order valence-corrected chi connectivity index (χ1v) is 26.0. The zero-order valence-corrected chi connectivity index (χ0v) is 43.3. The van der Waals surface area contributed by atoms with E-state index in [-0.39, 0.29) is 55.8 Å². The van der Waals surface area contributed by atoms with E-state index < -0.39 is 35.7 Å². The normalized spacial score (nSPS) is 21.6. The molecule has 0 spiro atoms. The predicted octanol–water partition coefficient (Wildman–Crippen LogP) is 2.35. The smallest absolute Gasteiger partial charge is 0.459 e. The van der Waals surface area contributed by atoms with Gasteiger partial charge in [-0.2, -0.15) is 18.4 Å². The summed E-state index contributed by atoms with van der Waals surface area (Å²) in [5, 5.41) is 23.6. The number of aliphatic hydroxyl groups is 1. The lowest BCUT2D eigenvalue weighted by molar-refractivity contribution is -0.900. The molecule has 0 aliphatic carbocycles. The minimum Gasteiger partial charge on any atom is -0.484 e. The number of hydrogen-bond donors (Lipinski definition) is 3. The molecule has 25 heteroatoms. The summed E-state index contributed by atoms with van der Waals surface area (Å²) in [6.07, 6.45) is -0.126. The van der Waals surface area contributed by atoms with E-state index in [9.17, 15) is 37.9 Å². The number of nitrogens with two attached hydrogens (primary N) is 1. The number of anilines is 3. The van der Waals surface area contributed by atoms with Gasteiger partial charge in [0.05, 0.1) is 41.7 Å². The van der Waals surface area contributed by atoms with Gasteiger partial charge >= 0.3 is 18.0 Å². The molecule has 3 amide bonds. The highest BCUT2D eigenvalue weighted by atomic mass is 19.4. The summed E-state index contributed by atoms with van der Waals surface area (Å²) in [5.41, 5.74) is 7.56. The van der Waals surface area contributed by atoms with Crippen LogP contribution in [0.5, 0.6) is 5.75 Å². The second-order valence-corrected chi connectivity index (χ2v) is 20.5. The molecule has 22 nitrogen and oxygen atoms in total. The number of rotatable bonds is 17. The number of Topliss-reactive ketones (excluding diaryl/α,β-unsaturated/α-hetero) is 1. The summed E-state index contributed by atoms with van der Waals surface area (Å²) in [4.78, 5) is 79.4. The number of nitrogens with zero attached hydrogens (tertiary/aromatic N) is 13. The van der Waals surface area contributed by atoms with E-state index in [0.717, 1.165) is 24.8 Å². The lowest BCUT2D eigenvalue weighted by Crippen LogP contribution is -2.62. The maximum Gasteiger partial charge on any atom is 0.459 e. The molecule has 4 fully saturated rings. The van der Waals surface area contributed by atoms with Gasteiger partial charge in [0.15, 0.2) is 18.5 Å². The number of nitriles is 1. The number of carbonyl (C=O) groups is 3. The van der Waals surface area contributed by atoms with Crippen LogP contribution in [0.2, 0.25) is 0 Å². The number of hydrogen-bond acceptors (Lipinski definition) is 18. The molecule has 4 atom stereocenters. The third-order valence-corrected chi connectivity index (χ3v) is 15.0. The van der Waals surface area contributed by atoms with Gasteiger partial charge in [0.25, 0.3) is 11.6 Å². The van der Waals surface area contributed by atoms with Crippen molar-refractivity contribution in [2.24, 2.45) is 0 Å². The van der Waals surface area contributed by atoms with Gasteiger partial charge in [-0.15, -0.1) is 0 Å². The number of nitrogens with one attached hydrogen (secondary N) is 1. The Morgan fingerprint density at radius 2 is 1.74 bits per heavy atom. The van der Waals surface area contributed by atoms with Crippen molar-refractivity contribution in [2.75, 3.05) is 101 Å². The summed E-state index contributed by atoms with van der Waals surface area (Å²) in [7, 11) is 0. The SMILES string of the molecule is CC1(C)C(=O)c2ccc(-c3cnc(N4CCN5C(=O)N(CCCNC(=O)COc6ccc(CN7CCN(C[C@H]8OCC[C@@H](O[n+]9c(N)cncc9C(F)(F)F)[C@H]8O)CC7)cc6)C[C@@H]5C4)nc3)nc2N1Cc1cccnc1C#N. The second kappa shape index (κ2) is 22.7. The molecule has 410 valence electrons. The number of benzene rings is 1. The van der Waals surface area contributed by atoms with Crippen molar-refractivity contribution in [3.05, 3.63) is 108 Å². The van der Waals surface area contributed by atoms with Crippen LogP contribution < -0.4 is 35.2 Å². The van der Waals surface area contributed by atoms with E-state index in [0.29, 0.717) is 128 Å². The van der Waals surface area contributed by atoms with Crippen molar-refractivity contribution >= 4 is 35.3 Å². The number of pyridine rings is 2. The van der Waals surface area contributed by atoms with Gasteiger partial charge < -0.3 is 44.3 Å². The molecule has 4 aromatic heterocycles. The van der Waals surface area contributed by atoms with Crippen molar-refractivity contribution in [1.82, 2.24) is 49.8 Å². The molecule has 5 aliphatic rings. The highest BCUT2D eigenvalue weighted by molar-refractivity contribution is 6.12. The second-order valence-electron chi connectivity index (χ2n) is 20.5. The number of ether oxygens (including phenoxy) is 2. The summed E-state index contributed by atoms with van der Waals surface area (Å²) in [6.45, 7) is 11.1. The number of piperazine rings is 2. The Morgan fingerprint density at radius 1 is 0.974 bits per heavy atom. The topological polar surface area (TPSA) is 249 Å². The van der Waals surface area contributed by atoms with Crippen LogP contribution in [0, 0.1) is 11.3 Å². The molecular formula is C53H61F3N15O7+. The minimum absolute atomic E-state index is 0.0284. The first kappa shape index (κ1) is 53.6. The lowest BCUT2D eigenvalue weighted by atomic mass is 9.97. The molecule has 78 heavy (non-hydrogen) atoms. The maximum absolute atomic E-state index is 13.6. The van der Waals surface area contributed by atoms with Gasteiger partial charge in [-0.3, -0.25) is 30.1 Å². The molecular weight excluding hydrogens is 1020 g/mol. The monoisotopic (exact) mass is 1080 g/mol. The summed E-state index contributed by atoms with van der Waals surface area (Å²) in [6, 6.07) is 16.8. The van der Waals surface area contributed by atoms with Crippen LogP contribution in [-0.4, -0.2) is 182 Å². The van der Waals surface area contributed by atoms with Crippen LogP contribution in [0.1, 0.15) is 59.6 Å². The molecule has 5 aliphatic heterocycles. The molecule has 9 heterocycles. The van der Waals surface area contributed by atoms with Crippen molar-refractivity contribution < 1.29 is 51.7 Å². The number of amides is 3. The van der Waals surface area contributed by atoms with Crippen molar-refractivity contribution in [2.45, 2.75) is 75.8 Å². The fourth-order valence-corrected chi connectivity index (χ4v) is 10.6. The van der Waals surface area contributed by atoms with Crippen molar-refractivity contribution in [3.8, 4) is 23.1 Å². The van der Waals surface area contributed by atoms with E-state index in [1.165, 1.54) is 0 Å². The Labute approximate surface area is 448 Å². The molecule has 5 aromatic rings. The molecule has 0 unspecified atom stereocenters. The van der Waals surface area contributed by atoms with Gasteiger partial charge in [-0.1, -0.05) is 18.2 Å². The quantitative estimate of drug-likeness (QED) is 0.0893. The standard InChI is InChI=1S/C53H60F3N15O7/c1-52(2)48(74)39-10-11-40(64-49(39)70(52)29-35-5-3-13-60-41(35)23-57)36-24-62-50(63-25-36)67-20-21-69-37(30-67)31-68(51(69)75)15-4-14-61-46(72)33-77-38-8-6-34(7-9-38)28-65-16-18-66(19-17-65)32-43-47(73)42(12-22-76-43)78-71-44(53(54,55)56)26-59-27-45(71)58/h3,5-11,13,24-27,37,42-43,47,58,73H,4,12,14-22,28-33H2,1-2H3,(H,61,72)/p+1/t37-,42+,43+,47+/m0/s1. The Morgan fingerprint density at radius 3 is 2.50 bits per heavy atom. The highest BCUT2D eigenvalue weighted by Crippen LogP contribution is 2.40. The van der Waals surface area contributed by atoms with Gasteiger partial charge in [0.1, 0.15) is 35.6 Å². The number of carbonyl (C=O) groups excluding carboxylic acids is 3. The predicted molar refractivity (Wildman–Crippen MR) is 274 cm³/mol. The molecule has 0 radical (unpaired) electrons. The van der Waals surface area contributed by atoms with Gasteiger partial charge in [-0.05, 0) is 60.9 Å². The van der Waals surface area contributed by atoms with E-state index in [4.69, 9.17) is 35.0 Å². The zero-order valence-electron chi connectivity index (χ0n) is 43.3. The number of alkyl halides is 3. The molecule has 0 bridgehead atoms. The van der Waals surface area contributed by atoms with E-state index in [2.05, 4.69) is 36.1 Å². The van der Waals surface area contributed by atoms with E-state index in [1.54, 1.807) is 36.8 Å². The molecule has 0 saturated carbocycles. The van der Waals surface area contributed by atoms with Crippen molar-refractivity contribution in [3.63, 3.8) is 0 Å². The third-order valence-electron chi connectivity index (χ3n) is 15.0. The maximum atomic E-state index is 13.6. The van der Waals surface area contributed by atoms with Gasteiger partial charge in [0, 0.05) is 121 Å². The summed E-state index contributed by atoms with van der Waals surface area (Å²) in [5.74, 6) is 0.960. The van der Waals surface area contributed by atoms with Crippen molar-refractivity contribution in [1.29, 1.82) is 5.26 Å². The summed E-state index contributed by atoms with van der Waals surface area (Å²) >= 11 is 0.